The van der Waals surface area contributed by atoms with E-state index in [9.17, 15) is 9.59 Å². The van der Waals surface area contributed by atoms with Crippen LogP contribution in [0, 0.1) is 13.8 Å². The van der Waals surface area contributed by atoms with Crippen LogP contribution in [0.4, 0.5) is 0 Å². The Labute approximate surface area is 190 Å². The lowest BCUT2D eigenvalue weighted by Gasteiger charge is -2.24. The lowest BCUT2D eigenvalue weighted by molar-refractivity contribution is -0.147. The highest BCUT2D eigenvalue weighted by Crippen LogP contribution is 2.50. The summed E-state index contributed by atoms with van der Waals surface area (Å²) in [5.74, 6) is -0.354. The Morgan fingerprint density at radius 1 is 1.26 bits per heavy atom. The van der Waals surface area contributed by atoms with E-state index < -0.39 is 12.2 Å². The Morgan fingerprint density at radius 2 is 1.97 bits per heavy atom. The zero-order chi connectivity index (χ0) is 22.3. The lowest BCUT2D eigenvalue weighted by atomic mass is 9.95. The van der Waals surface area contributed by atoms with Crippen molar-refractivity contribution in [3.05, 3.63) is 79.0 Å². The van der Waals surface area contributed by atoms with Crippen LogP contribution >= 0.6 is 22.9 Å². The van der Waals surface area contributed by atoms with Crippen molar-refractivity contribution >= 4 is 28.9 Å². The molecule has 0 spiro atoms. The van der Waals surface area contributed by atoms with Crippen LogP contribution < -0.4 is 5.56 Å². The summed E-state index contributed by atoms with van der Waals surface area (Å²) in [7, 11) is 1.73. The number of hydrogen-bond donors (Lipinski definition) is 0. The van der Waals surface area contributed by atoms with E-state index in [0.717, 1.165) is 32.7 Å². The Kier molecular flexibility index (Phi) is 6.06. The number of aryl methyl sites for hydroxylation is 2. The quantitative estimate of drug-likeness (QED) is 0.485. The summed E-state index contributed by atoms with van der Waals surface area (Å²) in [6.07, 6.45) is 0.871. The number of rotatable bonds is 4. The molecule has 0 amide bonds. The second kappa shape index (κ2) is 8.61. The van der Waals surface area contributed by atoms with E-state index in [0.29, 0.717) is 11.6 Å². The molecule has 0 fully saturated rings. The smallest absolute Gasteiger partial charge is 0.308 e. The highest BCUT2D eigenvalue weighted by atomic mass is 35.5. The Bertz CT molecular complexity index is 1200. The maximum absolute atomic E-state index is 12.5. The minimum absolute atomic E-state index is 0.0328. The second-order valence-electron chi connectivity index (χ2n) is 7.68. The van der Waals surface area contributed by atoms with Gasteiger partial charge in [-0.05, 0) is 49.6 Å². The van der Waals surface area contributed by atoms with Crippen LogP contribution in [0.15, 0.2) is 41.3 Å². The number of nitrogens with zero attached hydrogens (tertiary/aromatic N) is 1. The number of halogens is 1. The van der Waals surface area contributed by atoms with E-state index in [4.69, 9.17) is 21.1 Å². The number of hydrogen-bond acceptors (Lipinski definition) is 5. The fraction of sp³-hybridized carbons (Fsp3) is 0.333. The lowest BCUT2D eigenvalue weighted by Crippen LogP contribution is -2.20. The Balaban J connectivity index is 1.95. The fourth-order valence-corrected chi connectivity index (χ4v) is 5.32. The zero-order valence-corrected chi connectivity index (χ0v) is 19.5. The molecule has 2 aromatic heterocycles. The van der Waals surface area contributed by atoms with Gasteiger partial charge in [-0.2, -0.15) is 0 Å². The molecule has 0 saturated carbocycles. The van der Waals surface area contributed by atoms with Crippen molar-refractivity contribution < 1.29 is 14.3 Å². The summed E-state index contributed by atoms with van der Waals surface area (Å²) in [4.78, 5) is 27.2. The highest BCUT2D eigenvalue weighted by molar-refractivity contribution is 7.15. The van der Waals surface area contributed by atoms with Gasteiger partial charge in [-0.3, -0.25) is 9.59 Å². The van der Waals surface area contributed by atoms with Gasteiger partial charge in [0, 0.05) is 45.2 Å². The van der Waals surface area contributed by atoms with Crippen LogP contribution in [0.25, 0.3) is 10.4 Å². The first-order chi connectivity index (χ1) is 14.8. The van der Waals surface area contributed by atoms with Crippen LogP contribution in [0.5, 0.6) is 0 Å². The molecule has 5 nitrogen and oxygen atoms in total. The van der Waals surface area contributed by atoms with Gasteiger partial charge in [0.2, 0.25) is 0 Å². The molecule has 0 saturated heterocycles. The topological polar surface area (TPSA) is 57.5 Å². The molecule has 162 valence electrons. The van der Waals surface area contributed by atoms with Crippen LogP contribution in [-0.2, 0) is 21.3 Å². The third kappa shape index (κ3) is 4.07. The van der Waals surface area contributed by atoms with Crippen molar-refractivity contribution in [2.24, 2.45) is 7.05 Å². The molecule has 2 atom stereocenters. The van der Waals surface area contributed by atoms with Gasteiger partial charge in [0.15, 0.2) is 0 Å². The van der Waals surface area contributed by atoms with Gasteiger partial charge in [-0.1, -0.05) is 23.7 Å². The molecule has 0 N–H and O–H groups in total. The minimum atomic E-state index is -0.608. The number of carbonyl (C=O) groups is 1. The number of pyridine rings is 1. The van der Waals surface area contributed by atoms with Gasteiger partial charge in [0.25, 0.3) is 5.56 Å². The van der Waals surface area contributed by atoms with Gasteiger partial charge < -0.3 is 14.0 Å². The third-order valence-corrected chi connectivity index (χ3v) is 7.18. The molecule has 1 aliphatic heterocycles. The van der Waals surface area contributed by atoms with E-state index in [2.05, 4.69) is 13.8 Å². The zero-order valence-electron chi connectivity index (χ0n) is 17.9. The number of ether oxygens (including phenoxy) is 2. The standard InChI is InChI=1S/C24H24ClNO4S/c1-5-29-21(28)11-19-17-10-20(27)26(4)12-18(17)24-22(13(2)14(3)31-24)23(30-19)15-6-8-16(25)9-7-15/h6-10,12,19,23H,5,11H2,1-4H3. The van der Waals surface area contributed by atoms with Crippen molar-refractivity contribution in [1.82, 2.24) is 4.57 Å². The SMILES string of the molecule is CCOC(=O)CC1OC(c2ccc(Cl)cc2)c2c(sc(C)c2C)-c2cn(C)c(=O)cc21. The molecular formula is C24H24ClNO4S. The van der Waals surface area contributed by atoms with Gasteiger partial charge in [-0.25, -0.2) is 0 Å². The van der Waals surface area contributed by atoms with Crippen LogP contribution in [-0.4, -0.2) is 17.1 Å². The molecule has 0 aliphatic carbocycles. The molecule has 0 radical (unpaired) electrons. The van der Waals surface area contributed by atoms with Gasteiger partial charge in [-0.15, -0.1) is 11.3 Å². The van der Waals surface area contributed by atoms with Crippen molar-refractivity contribution in [3.63, 3.8) is 0 Å². The molecule has 2 unspecified atom stereocenters. The summed E-state index contributed by atoms with van der Waals surface area (Å²) >= 11 is 7.80. The third-order valence-electron chi connectivity index (χ3n) is 5.68. The normalized spacial score (nSPS) is 17.6. The molecular weight excluding hydrogens is 434 g/mol. The monoisotopic (exact) mass is 457 g/mol. The number of esters is 1. The average molecular weight is 458 g/mol. The maximum atomic E-state index is 12.5. The molecule has 31 heavy (non-hydrogen) atoms. The molecule has 4 rings (SSSR count). The average Bonchev–Trinajstić information content (AvgIpc) is 2.95. The number of carbonyl (C=O) groups excluding carboxylic acids is 1. The van der Waals surface area contributed by atoms with Crippen molar-refractivity contribution in [2.45, 2.75) is 39.4 Å². The molecule has 1 aliphatic rings. The Morgan fingerprint density at radius 3 is 2.65 bits per heavy atom. The van der Waals surface area contributed by atoms with Crippen LogP contribution in [0.3, 0.4) is 0 Å². The summed E-state index contributed by atoms with van der Waals surface area (Å²) in [6.45, 7) is 6.24. The van der Waals surface area contributed by atoms with Gasteiger partial charge >= 0.3 is 5.97 Å². The first kappa shape index (κ1) is 21.8. The highest BCUT2D eigenvalue weighted by Gasteiger charge is 2.35. The van der Waals surface area contributed by atoms with Crippen molar-refractivity contribution in [1.29, 1.82) is 0 Å². The molecule has 3 aromatic rings. The van der Waals surface area contributed by atoms with Crippen LogP contribution in [0.1, 0.15) is 52.7 Å². The second-order valence-corrected chi connectivity index (χ2v) is 9.34. The summed E-state index contributed by atoms with van der Waals surface area (Å²) < 4.78 is 13.4. The number of benzene rings is 1. The maximum Gasteiger partial charge on any atom is 0.308 e. The largest absolute Gasteiger partial charge is 0.466 e. The van der Waals surface area contributed by atoms with Gasteiger partial charge in [0.05, 0.1) is 19.1 Å². The van der Waals surface area contributed by atoms with Crippen LogP contribution in [0.2, 0.25) is 5.02 Å². The molecule has 1 aromatic carbocycles. The molecule has 7 heteroatoms. The van der Waals surface area contributed by atoms with E-state index in [-0.39, 0.29) is 17.9 Å². The van der Waals surface area contributed by atoms with Crippen molar-refractivity contribution in [2.75, 3.05) is 6.61 Å². The van der Waals surface area contributed by atoms with E-state index >= 15 is 0 Å². The van der Waals surface area contributed by atoms with Gasteiger partial charge in [0.1, 0.15) is 6.10 Å². The summed E-state index contributed by atoms with van der Waals surface area (Å²) in [5, 5.41) is 0.644. The number of fused-ring (bicyclic) bond motifs is 3. The summed E-state index contributed by atoms with van der Waals surface area (Å²) in [6, 6.07) is 9.14. The van der Waals surface area contributed by atoms with E-state index in [1.54, 1.807) is 35.9 Å². The summed E-state index contributed by atoms with van der Waals surface area (Å²) in [5.41, 5.74) is 4.65. The van der Waals surface area contributed by atoms with E-state index in [1.165, 1.54) is 4.88 Å². The predicted octanol–water partition coefficient (Wildman–Crippen LogP) is 5.50. The Hall–Kier alpha value is -2.41. The predicted molar refractivity (Wildman–Crippen MR) is 123 cm³/mol. The number of aromatic nitrogens is 1. The molecule has 0 bridgehead atoms. The first-order valence-electron chi connectivity index (χ1n) is 10.2. The van der Waals surface area contributed by atoms with E-state index in [1.807, 2.05) is 30.5 Å². The molecule has 3 heterocycles. The van der Waals surface area contributed by atoms with Crippen molar-refractivity contribution in [3.8, 4) is 10.4 Å². The number of thiophene rings is 1. The minimum Gasteiger partial charge on any atom is -0.466 e. The fourth-order valence-electron chi connectivity index (χ4n) is 3.98. The first-order valence-corrected chi connectivity index (χ1v) is 11.4.